The molecule has 0 aliphatic carbocycles. The largest absolute Gasteiger partial charge is 0.383 e. The molecular weight excluding hydrogens is 307 g/mol. The van der Waals surface area contributed by atoms with Gasteiger partial charge >= 0.3 is 0 Å². The highest BCUT2D eigenvalue weighted by atomic mass is 35.5. The zero-order valence-electron chi connectivity index (χ0n) is 11.3. The number of nitrogens with two attached hydrogens (primary N) is 1. The summed E-state index contributed by atoms with van der Waals surface area (Å²) in [5, 5.41) is -0.157. The van der Waals surface area contributed by atoms with Gasteiger partial charge in [0, 0.05) is 19.7 Å². The summed E-state index contributed by atoms with van der Waals surface area (Å²) < 4.78 is 45.4. The number of halogens is 2. The van der Waals surface area contributed by atoms with Crippen molar-refractivity contribution in [1.29, 1.82) is 0 Å². The van der Waals surface area contributed by atoms with E-state index in [0.717, 1.165) is 6.07 Å². The highest BCUT2D eigenvalue weighted by Crippen LogP contribution is 2.24. The van der Waals surface area contributed by atoms with Crippen molar-refractivity contribution in [3.8, 4) is 0 Å². The lowest BCUT2D eigenvalue weighted by Crippen LogP contribution is -2.37. The van der Waals surface area contributed by atoms with Gasteiger partial charge in [-0.25, -0.2) is 17.5 Å². The predicted molar refractivity (Wildman–Crippen MR) is 75.6 cm³/mol. The van der Waals surface area contributed by atoms with E-state index in [1.165, 1.54) is 13.2 Å². The number of rotatable bonds is 7. The van der Waals surface area contributed by atoms with Crippen LogP contribution in [0.15, 0.2) is 17.0 Å². The molecule has 1 rings (SSSR count). The topological polar surface area (TPSA) is 81.4 Å². The van der Waals surface area contributed by atoms with Crippen LogP contribution in [0.5, 0.6) is 0 Å². The van der Waals surface area contributed by atoms with Crippen molar-refractivity contribution in [3.05, 3.63) is 28.5 Å². The second kappa shape index (κ2) is 7.33. The molecule has 8 heteroatoms. The van der Waals surface area contributed by atoms with E-state index in [1.54, 1.807) is 0 Å². The molecule has 0 saturated carbocycles. The second-order valence-corrected chi connectivity index (χ2v) is 6.36. The molecule has 0 radical (unpaired) electrons. The molecule has 0 aliphatic rings. The first kappa shape index (κ1) is 17.3. The molecule has 1 aromatic rings. The average Bonchev–Trinajstić information content (AvgIpc) is 2.40. The number of sulfonamides is 1. The van der Waals surface area contributed by atoms with Crippen molar-refractivity contribution in [2.75, 3.05) is 13.7 Å². The molecule has 0 saturated heterocycles. The molecule has 0 amide bonds. The fourth-order valence-corrected chi connectivity index (χ4v) is 3.20. The summed E-state index contributed by atoms with van der Waals surface area (Å²) >= 11 is 5.71. The first-order valence-corrected chi connectivity index (χ1v) is 7.91. The quantitative estimate of drug-likeness (QED) is 0.799. The van der Waals surface area contributed by atoms with Crippen molar-refractivity contribution in [2.45, 2.75) is 30.8 Å². The lowest BCUT2D eigenvalue weighted by Gasteiger charge is -2.16. The van der Waals surface area contributed by atoms with E-state index in [-0.39, 0.29) is 34.7 Å². The molecule has 5 nitrogen and oxygen atoms in total. The molecule has 1 unspecified atom stereocenters. The summed E-state index contributed by atoms with van der Waals surface area (Å²) in [4.78, 5) is -0.200. The fourth-order valence-electron chi connectivity index (χ4n) is 1.65. The maximum Gasteiger partial charge on any atom is 0.241 e. The number of ether oxygens (including phenoxy) is 1. The van der Waals surface area contributed by atoms with Gasteiger partial charge in [-0.3, -0.25) is 0 Å². The van der Waals surface area contributed by atoms with Crippen LogP contribution in [0.3, 0.4) is 0 Å². The fraction of sp³-hybridized carbons (Fsp3) is 0.500. The zero-order chi connectivity index (χ0) is 15.3. The van der Waals surface area contributed by atoms with Gasteiger partial charge in [0.05, 0.1) is 16.5 Å². The molecule has 0 heterocycles. The second-order valence-electron chi connectivity index (χ2n) is 4.26. The van der Waals surface area contributed by atoms with Gasteiger partial charge in [-0.2, -0.15) is 0 Å². The van der Waals surface area contributed by atoms with Crippen molar-refractivity contribution in [3.63, 3.8) is 0 Å². The van der Waals surface area contributed by atoms with Gasteiger partial charge in [0.15, 0.2) is 0 Å². The van der Waals surface area contributed by atoms with Crippen molar-refractivity contribution >= 4 is 21.6 Å². The standard InChI is InChI=1S/C12H18ClFN2O3S/c1-3-9(7-19-2)16-20(17,18)10-4-8(6-15)12(13)11(14)5-10/h4-5,9,16H,3,6-7,15H2,1-2H3. The Bertz CT molecular complexity index is 566. The van der Waals surface area contributed by atoms with Crippen LogP contribution in [0.2, 0.25) is 5.02 Å². The van der Waals surface area contributed by atoms with Crippen LogP contribution >= 0.6 is 11.6 Å². The van der Waals surface area contributed by atoms with E-state index in [1.807, 2.05) is 6.92 Å². The van der Waals surface area contributed by atoms with E-state index in [2.05, 4.69) is 4.72 Å². The SMILES string of the molecule is CCC(COC)NS(=O)(=O)c1cc(F)c(Cl)c(CN)c1. The van der Waals surface area contributed by atoms with Crippen LogP contribution in [0.1, 0.15) is 18.9 Å². The molecular formula is C12H18ClFN2O3S. The molecule has 0 bridgehead atoms. The first-order chi connectivity index (χ1) is 9.35. The minimum atomic E-state index is -3.85. The molecule has 0 spiro atoms. The average molecular weight is 325 g/mol. The van der Waals surface area contributed by atoms with Gasteiger partial charge in [0.2, 0.25) is 10.0 Å². The highest BCUT2D eigenvalue weighted by Gasteiger charge is 2.21. The summed E-state index contributed by atoms with van der Waals surface area (Å²) in [6.45, 7) is 2.00. The number of hydrogen-bond acceptors (Lipinski definition) is 4. The lowest BCUT2D eigenvalue weighted by atomic mass is 10.2. The Balaban J connectivity index is 3.12. The van der Waals surface area contributed by atoms with Gasteiger partial charge in [-0.15, -0.1) is 0 Å². The Kier molecular flexibility index (Phi) is 6.35. The van der Waals surface area contributed by atoms with Crippen molar-refractivity contribution in [1.82, 2.24) is 4.72 Å². The predicted octanol–water partition coefficient (Wildman–Crippen LogP) is 1.64. The van der Waals surface area contributed by atoms with E-state index < -0.39 is 15.8 Å². The molecule has 1 aromatic carbocycles. The minimum Gasteiger partial charge on any atom is -0.383 e. The Hall–Kier alpha value is -0.730. The Morgan fingerprint density at radius 3 is 2.65 bits per heavy atom. The molecule has 3 N–H and O–H groups in total. The highest BCUT2D eigenvalue weighted by molar-refractivity contribution is 7.89. The van der Waals surface area contributed by atoms with E-state index in [4.69, 9.17) is 22.1 Å². The van der Waals surface area contributed by atoms with Crippen LogP contribution in [0, 0.1) is 5.82 Å². The summed E-state index contributed by atoms with van der Waals surface area (Å²) in [5.74, 6) is -0.810. The van der Waals surface area contributed by atoms with Crippen LogP contribution in [0.4, 0.5) is 4.39 Å². The Morgan fingerprint density at radius 2 is 2.15 bits per heavy atom. The van der Waals surface area contributed by atoms with Crippen LogP contribution in [0.25, 0.3) is 0 Å². The summed E-state index contributed by atoms with van der Waals surface area (Å²) in [6, 6.07) is 1.77. The smallest absolute Gasteiger partial charge is 0.241 e. The van der Waals surface area contributed by atoms with E-state index >= 15 is 0 Å². The van der Waals surface area contributed by atoms with Crippen LogP contribution < -0.4 is 10.5 Å². The summed E-state index contributed by atoms with van der Waals surface area (Å²) in [5.41, 5.74) is 5.66. The number of hydrogen-bond donors (Lipinski definition) is 2. The zero-order valence-corrected chi connectivity index (χ0v) is 12.9. The Morgan fingerprint density at radius 1 is 1.50 bits per heavy atom. The summed E-state index contributed by atoms with van der Waals surface area (Å²) in [6.07, 6.45) is 0.548. The number of nitrogens with one attached hydrogen (secondary N) is 1. The molecule has 0 aromatic heterocycles. The lowest BCUT2D eigenvalue weighted by molar-refractivity contribution is 0.173. The van der Waals surface area contributed by atoms with E-state index in [0.29, 0.717) is 6.42 Å². The van der Waals surface area contributed by atoms with Gasteiger partial charge in [-0.1, -0.05) is 18.5 Å². The number of methoxy groups -OCH3 is 1. The summed E-state index contributed by atoms with van der Waals surface area (Å²) in [7, 11) is -2.37. The van der Waals surface area contributed by atoms with Crippen LogP contribution in [-0.2, 0) is 21.3 Å². The van der Waals surface area contributed by atoms with Gasteiger partial charge < -0.3 is 10.5 Å². The third-order valence-corrected chi connectivity index (χ3v) is 4.71. The molecule has 0 aliphatic heterocycles. The number of benzene rings is 1. The van der Waals surface area contributed by atoms with Gasteiger partial charge in [0.1, 0.15) is 5.82 Å². The third kappa shape index (κ3) is 4.13. The van der Waals surface area contributed by atoms with E-state index in [9.17, 15) is 12.8 Å². The first-order valence-electron chi connectivity index (χ1n) is 6.05. The molecule has 0 fully saturated rings. The normalized spacial score (nSPS) is 13.4. The van der Waals surface area contributed by atoms with Gasteiger partial charge in [-0.05, 0) is 24.1 Å². The van der Waals surface area contributed by atoms with Crippen LogP contribution in [-0.4, -0.2) is 28.2 Å². The third-order valence-electron chi connectivity index (χ3n) is 2.79. The molecule has 20 heavy (non-hydrogen) atoms. The van der Waals surface area contributed by atoms with Gasteiger partial charge in [0.25, 0.3) is 0 Å². The van der Waals surface area contributed by atoms with Crippen molar-refractivity contribution in [2.24, 2.45) is 5.73 Å². The minimum absolute atomic E-state index is 0.0472. The monoisotopic (exact) mass is 324 g/mol. The molecule has 1 atom stereocenters. The molecule has 114 valence electrons. The van der Waals surface area contributed by atoms with Crippen molar-refractivity contribution < 1.29 is 17.5 Å². The maximum absolute atomic E-state index is 13.6. The Labute approximate surface area is 123 Å². The maximum atomic E-state index is 13.6.